The van der Waals surface area contributed by atoms with E-state index in [-0.39, 0.29) is 61.4 Å². The van der Waals surface area contributed by atoms with Crippen LogP contribution in [0.4, 0.5) is 0 Å². The zero-order valence-electron chi connectivity index (χ0n) is 29.8. The summed E-state index contributed by atoms with van der Waals surface area (Å²) in [4.78, 5) is 25.3. The van der Waals surface area contributed by atoms with Crippen LogP contribution >= 0.6 is 0 Å². The Hall–Kier alpha value is -0.460. The van der Waals surface area contributed by atoms with Gasteiger partial charge in [0.25, 0.3) is 0 Å². The van der Waals surface area contributed by atoms with Crippen molar-refractivity contribution in [3.63, 3.8) is 0 Å². The van der Waals surface area contributed by atoms with Crippen LogP contribution in [-0.4, -0.2) is 139 Å². The predicted molar refractivity (Wildman–Crippen MR) is 174 cm³/mol. The van der Waals surface area contributed by atoms with E-state index >= 15 is 0 Å². The standard InChI is InChI=1S/C34H65NO13.Na/c1-2-3-4-5-6-7-8-9-10-11-12-13-15-18-27(40)35(20-17-14-16-19-28(41)42)21-24(38)29(43)33(25(39)22-36)48-34-32(46)31(45)30(44)26(23-37)47-34;/h24-26,29-34,36-39,43-46H,2-23H2,1H3,(H,41,42);/q;+1/p-1/t24-,25+,26+,29+,30-,31-,32+,33+,34-;/m0./s1. The minimum absolute atomic E-state index is 0. The van der Waals surface area contributed by atoms with Crippen LogP contribution < -0.4 is 34.7 Å². The fraction of sp³-hybridized carbons (Fsp3) is 0.941. The molecular formula is C34H64NNaO13. The number of hydrogen-bond donors (Lipinski definition) is 8. The molecule has 0 aromatic heterocycles. The van der Waals surface area contributed by atoms with E-state index in [9.17, 15) is 55.5 Å². The molecule has 0 aromatic carbocycles. The average molecular weight is 718 g/mol. The van der Waals surface area contributed by atoms with Crippen molar-refractivity contribution in [3.05, 3.63) is 0 Å². The van der Waals surface area contributed by atoms with Gasteiger partial charge < -0.3 is 65.1 Å². The Labute approximate surface area is 314 Å². The molecule has 0 saturated carbocycles. The first-order valence-electron chi connectivity index (χ1n) is 18.1. The largest absolute Gasteiger partial charge is 1.00 e. The summed E-state index contributed by atoms with van der Waals surface area (Å²) in [6.07, 6.45) is 0.783. The summed E-state index contributed by atoms with van der Waals surface area (Å²) in [7, 11) is 0. The molecule has 1 aliphatic heterocycles. The fourth-order valence-electron chi connectivity index (χ4n) is 5.91. The number of carbonyl (C=O) groups is 2. The molecule has 1 fully saturated rings. The van der Waals surface area contributed by atoms with Gasteiger partial charge in [-0.15, -0.1) is 0 Å². The van der Waals surface area contributed by atoms with Crippen LogP contribution in [-0.2, 0) is 19.1 Å². The van der Waals surface area contributed by atoms with Gasteiger partial charge in [0.1, 0.15) is 48.8 Å². The molecule has 14 nitrogen and oxygen atoms in total. The van der Waals surface area contributed by atoms with Gasteiger partial charge in [0.2, 0.25) is 5.91 Å². The van der Waals surface area contributed by atoms with Crippen LogP contribution in [0.5, 0.6) is 0 Å². The number of aliphatic hydroxyl groups excluding tert-OH is 8. The van der Waals surface area contributed by atoms with Gasteiger partial charge in [-0.2, -0.15) is 0 Å². The van der Waals surface area contributed by atoms with Crippen LogP contribution in [0.3, 0.4) is 0 Å². The number of nitrogens with zero attached hydrogens (tertiary/aromatic N) is 1. The van der Waals surface area contributed by atoms with Crippen molar-refractivity contribution in [2.24, 2.45) is 0 Å². The SMILES string of the molecule is CCCCCCCCCCCCCCCC(=O)N(CCCCCC(=O)[O-])C[C@H](O)[C@@H](O)[C@H](O[C@@H]1O[C@H](CO)[C@H](O)[C@H](O)[C@H]1O)[C@H](O)CO.[Na+]. The molecule has 1 rings (SSSR count). The monoisotopic (exact) mass is 717 g/mol. The molecular weight excluding hydrogens is 653 g/mol. The summed E-state index contributed by atoms with van der Waals surface area (Å²) in [6.45, 7) is 0.350. The number of unbranched alkanes of at least 4 members (excludes halogenated alkanes) is 14. The molecule has 1 aliphatic rings. The van der Waals surface area contributed by atoms with E-state index in [0.717, 1.165) is 25.7 Å². The molecule has 15 heteroatoms. The summed E-state index contributed by atoms with van der Waals surface area (Å²) >= 11 is 0. The number of aliphatic carboxylic acids is 1. The topological polar surface area (TPSA) is 241 Å². The Balaban J connectivity index is 0.0000230. The average Bonchev–Trinajstić information content (AvgIpc) is 3.07. The van der Waals surface area contributed by atoms with Crippen LogP contribution in [0.1, 0.15) is 122 Å². The zero-order chi connectivity index (χ0) is 35.9. The first kappa shape index (κ1) is 48.5. The maximum Gasteiger partial charge on any atom is 1.00 e. The van der Waals surface area contributed by atoms with Gasteiger partial charge in [-0.1, -0.05) is 90.4 Å². The molecule has 1 amide bonds. The third-order valence-electron chi connectivity index (χ3n) is 9.00. The third-order valence-corrected chi connectivity index (χ3v) is 9.00. The minimum Gasteiger partial charge on any atom is -0.550 e. The van der Waals surface area contributed by atoms with Crippen molar-refractivity contribution in [1.29, 1.82) is 0 Å². The minimum atomic E-state index is -1.91. The Morgan fingerprint density at radius 3 is 1.76 bits per heavy atom. The third kappa shape index (κ3) is 19.8. The number of carboxylic acids is 1. The maximum atomic E-state index is 13.2. The fourth-order valence-corrected chi connectivity index (χ4v) is 5.91. The molecule has 1 saturated heterocycles. The van der Waals surface area contributed by atoms with E-state index in [4.69, 9.17) is 9.47 Å². The molecule has 0 radical (unpaired) electrons. The van der Waals surface area contributed by atoms with Crippen molar-refractivity contribution >= 4 is 11.9 Å². The number of ether oxygens (including phenoxy) is 2. The van der Waals surface area contributed by atoms with Gasteiger partial charge in [0.15, 0.2) is 6.29 Å². The van der Waals surface area contributed by atoms with E-state index in [1.54, 1.807) is 0 Å². The number of amides is 1. The van der Waals surface area contributed by atoms with E-state index in [0.29, 0.717) is 25.7 Å². The number of carbonyl (C=O) groups excluding carboxylic acids is 2. The van der Waals surface area contributed by atoms with E-state index < -0.39 is 74.3 Å². The molecule has 49 heavy (non-hydrogen) atoms. The maximum absolute atomic E-state index is 13.2. The van der Waals surface area contributed by atoms with Crippen LogP contribution in [0.25, 0.3) is 0 Å². The molecule has 284 valence electrons. The molecule has 9 atom stereocenters. The predicted octanol–water partition coefficient (Wildman–Crippen LogP) is -3.13. The Morgan fingerprint density at radius 1 is 0.735 bits per heavy atom. The number of carboxylic acid groups (broad SMARTS) is 1. The Bertz CT molecular complexity index is 842. The molecule has 0 spiro atoms. The molecule has 8 N–H and O–H groups in total. The van der Waals surface area contributed by atoms with Gasteiger partial charge in [0, 0.05) is 25.5 Å². The van der Waals surface area contributed by atoms with Crippen molar-refractivity contribution in [1.82, 2.24) is 4.90 Å². The Kier molecular flexibility index (Phi) is 28.8. The second-order valence-electron chi connectivity index (χ2n) is 13.1. The van der Waals surface area contributed by atoms with Crippen molar-refractivity contribution in [3.8, 4) is 0 Å². The Morgan fingerprint density at radius 2 is 1.24 bits per heavy atom. The number of rotatable bonds is 29. The number of aliphatic hydroxyl groups is 8. The van der Waals surface area contributed by atoms with Gasteiger partial charge in [-0.3, -0.25) is 4.79 Å². The second kappa shape index (κ2) is 29.0. The van der Waals surface area contributed by atoms with E-state index in [1.807, 2.05) is 0 Å². The first-order valence-corrected chi connectivity index (χ1v) is 18.1. The van der Waals surface area contributed by atoms with Crippen molar-refractivity contribution in [2.75, 3.05) is 26.3 Å². The summed E-state index contributed by atoms with van der Waals surface area (Å²) in [6, 6.07) is 0. The van der Waals surface area contributed by atoms with Gasteiger partial charge in [-0.25, -0.2) is 0 Å². The summed E-state index contributed by atoms with van der Waals surface area (Å²) in [5.41, 5.74) is 0. The molecule has 0 bridgehead atoms. The smallest absolute Gasteiger partial charge is 0.550 e. The normalized spacial score (nSPS) is 23.3. The number of hydrogen-bond acceptors (Lipinski definition) is 13. The molecule has 0 aliphatic carbocycles. The van der Waals surface area contributed by atoms with E-state index in [1.165, 1.54) is 56.3 Å². The molecule has 1 heterocycles. The summed E-state index contributed by atoms with van der Waals surface area (Å²) in [5, 5.41) is 92.5. The van der Waals surface area contributed by atoms with Gasteiger partial charge in [0.05, 0.1) is 13.2 Å². The molecule has 0 unspecified atom stereocenters. The van der Waals surface area contributed by atoms with Gasteiger partial charge >= 0.3 is 29.6 Å². The quantitative estimate of drug-likeness (QED) is 0.0283. The van der Waals surface area contributed by atoms with Gasteiger partial charge in [-0.05, 0) is 25.7 Å². The second-order valence-corrected chi connectivity index (χ2v) is 13.1. The van der Waals surface area contributed by atoms with Crippen molar-refractivity contribution in [2.45, 2.75) is 178 Å². The van der Waals surface area contributed by atoms with E-state index in [2.05, 4.69) is 6.92 Å². The van der Waals surface area contributed by atoms with Crippen LogP contribution in [0.15, 0.2) is 0 Å². The summed E-state index contributed by atoms with van der Waals surface area (Å²) in [5.74, 6) is -1.44. The van der Waals surface area contributed by atoms with Crippen LogP contribution in [0.2, 0.25) is 0 Å². The summed E-state index contributed by atoms with van der Waals surface area (Å²) < 4.78 is 10.8. The van der Waals surface area contributed by atoms with Crippen LogP contribution in [0, 0.1) is 0 Å². The zero-order valence-corrected chi connectivity index (χ0v) is 31.8. The first-order chi connectivity index (χ1) is 23.0. The molecule has 0 aromatic rings. The van der Waals surface area contributed by atoms with Crippen molar-refractivity contribution < 1.29 is 94.6 Å².